The molecule has 4 rings (SSSR count). The van der Waals surface area contributed by atoms with Gasteiger partial charge in [0.15, 0.2) is 0 Å². The van der Waals surface area contributed by atoms with E-state index in [-0.39, 0.29) is 40.4 Å². The van der Waals surface area contributed by atoms with Gasteiger partial charge in [0.1, 0.15) is 0 Å². The first kappa shape index (κ1) is 24.7. The van der Waals surface area contributed by atoms with E-state index in [1.807, 2.05) is 0 Å². The summed E-state index contributed by atoms with van der Waals surface area (Å²) in [5, 5.41) is 5.87. The molecule has 3 heteroatoms. The first-order chi connectivity index (χ1) is 14.8. The van der Waals surface area contributed by atoms with Crippen LogP contribution in [0.15, 0.2) is 121 Å². The summed E-state index contributed by atoms with van der Waals surface area (Å²) in [5.74, 6) is 0. The molecular weight excluding hydrogens is 549 g/mol. The van der Waals surface area contributed by atoms with E-state index in [1.54, 1.807) is 0 Å². The molecule has 0 saturated carbocycles. The summed E-state index contributed by atoms with van der Waals surface area (Å²) >= 11 is 0. The SMILES string of the molecule is CC(C(C)P(c1ccccc1)c1ccccc1)P(c1ccccc1)c1ccccc1.[Sm]. The Bertz CT molecular complexity index is 858. The van der Waals surface area contributed by atoms with Crippen LogP contribution in [0.5, 0.6) is 0 Å². The van der Waals surface area contributed by atoms with E-state index < -0.39 is 15.8 Å². The van der Waals surface area contributed by atoms with E-state index in [1.165, 1.54) is 21.2 Å². The molecule has 2 atom stereocenters. The topological polar surface area (TPSA) is 0 Å². The predicted molar refractivity (Wildman–Crippen MR) is 137 cm³/mol. The minimum atomic E-state index is -0.448. The average molecular weight is 577 g/mol. The predicted octanol–water partition coefficient (Wildman–Crippen LogP) is 6.03. The van der Waals surface area contributed by atoms with Crippen molar-refractivity contribution in [1.29, 1.82) is 0 Å². The fourth-order valence-electron chi connectivity index (χ4n) is 4.02. The summed E-state index contributed by atoms with van der Waals surface area (Å²) in [6, 6.07) is 44.5. The molecule has 0 saturated heterocycles. The van der Waals surface area contributed by atoms with E-state index >= 15 is 0 Å². The van der Waals surface area contributed by atoms with Crippen molar-refractivity contribution in [3.05, 3.63) is 121 Å². The van der Waals surface area contributed by atoms with Crippen LogP contribution in [0.2, 0.25) is 0 Å². The van der Waals surface area contributed by atoms with Crippen molar-refractivity contribution in [2.24, 2.45) is 0 Å². The zero-order chi connectivity index (χ0) is 20.8. The van der Waals surface area contributed by atoms with Crippen LogP contribution in [0.25, 0.3) is 0 Å². The van der Waals surface area contributed by atoms with Crippen molar-refractivity contribution in [1.82, 2.24) is 0 Å². The van der Waals surface area contributed by atoms with E-state index in [9.17, 15) is 0 Å². The van der Waals surface area contributed by atoms with Gasteiger partial charge in [0, 0.05) is 40.4 Å². The summed E-state index contributed by atoms with van der Waals surface area (Å²) in [6.07, 6.45) is 0. The maximum Gasteiger partial charge on any atom is 0 e. The van der Waals surface area contributed by atoms with Crippen LogP contribution in [0, 0.1) is 40.4 Å². The zero-order valence-electron chi connectivity index (χ0n) is 18.0. The Labute approximate surface area is 222 Å². The second-order valence-corrected chi connectivity index (χ2v) is 12.7. The van der Waals surface area contributed by atoms with Crippen LogP contribution in [-0.4, -0.2) is 11.3 Å². The Morgan fingerprint density at radius 1 is 0.387 bits per heavy atom. The first-order valence-electron chi connectivity index (χ1n) is 10.5. The van der Waals surface area contributed by atoms with Crippen molar-refractivity contribution in [2.75, 3.05) is 0 Å². The summed E-state index contributed by atoms with van der Waals surface area (Å²) in [7, 11) is -0.897. The molecule has 0 aromatic heterocycles. The van der Waals surface area contributed by atoms with Crippen LogP contribution in [-0.2, 0) is 0 Å². The zero-order valence-corrected chi connectivity index (χ0v) is 22.4. The maximum atomic E-state index is 2.47. The van der Waals surface area contributed by atoms with Gasteiger partial charge in [-0.05, 0) is 48.4 Å². The smallest absolute Gasteiger partial charge is 0 e. The van der Waals surface area contributed by atoms with Crippen molar-refractivity contribution >= 4 is 37.1 Å². The quantitative estimate of drug-likeness (QED) is 0.236. The Balaban J connectivity index is 0.00000272. The standard InChI is InChI=1S/C28H28P2.Sm/c1-23(29(25-15-7-3-8-16-25)26-17-9-4-10-18-26)24(2)30(27-19-11-5-12-20-27)28-21-13-6-14-22-28;/h3-24H,1-2H3;. The minimum Gasteiger partial charge on any atom is -0.0622 e. The fraction of sp³-hybridized carbons (Fsp3) is 0.143. The van der Waals surface area contributed by atoms with Crippen LogP contribution < -0.4 is 21.2 Å². The second-order valence-electron chi connectivity index (χ2n) is 7.56. The minimum absolute atomic E-state index is 0. The Kier molecular flexibility index (Phi) is 9.85. The van der Waals surface area contributed by atoms with Gasteiger partial charge in [0.2, 0.25) is 0 Å². The molecule has 0 spiro atoms. The molecule has 156 valence electrons. The molecular formula is C28H28P2Sm. The molecule has 2 unspecified atom stereocenters. The molecule has 0 fully saturated rings. The van der Waals surface area contributed by atoms with Gasteiger partial charge in [0.25, 0.3) is 0 Å². The van der Waals surface area contributed by atoms with Gasteiger partial charge in [-0.2, -0.15) is 0 Å². The summed E-state index contributed by atoms with van der Waals surface area (Å²) in [5.41, 5.74) is 1.10. The van der Waals surface area contributed by atoms with Crippen molar-refractivity contribution in [3.8, 4) is 0 Å². The largest absolute Gasteiger partial charge is 0.0622 e. The summed E-state index contributed by atoms with van der Waals surface area (Å²) in [4.78, 5) is 0. The van der Waals surface area contributed by atoms with Crippen molar-refractivity contribution < 1.29 is 40.4 Å². The first-order valence-corrected chi connectivity index (χ1v) is 13.4. The average Bonchev–Trinajstić information content (AvgIpc) is 2.82. The number of rotatable bonds is 7. The van der Waals surface area contributed by atoms with Crippen molar-refractivity contribution in [3.63, 3.8) is 0 Å². The molecule has 31 heavy (non-hydrogen) atoms. The Hall–Kier alpha value is -0.922. The van der Waals surface area contributed by atoms with Gasteiger partial charge in [-0.3, -0.25) is 0 Å². The Morgan fingerprint density at radius 2 is 0.581 bits per heavy atom. The second kappa shape index (κ2) is 12.4. The van der Waals surface area contributed by atoms with Crippen LogP contribution in [0.3, 0.4) is 0 Å². The number of hydrogen-bond acceptors (Lipinski definition) is 0. The van der Waals surface area contributed by atoms with E-state index in [0.717, 1.165) is 0 Å². The molecule has 4 aromatic carbocycles. The molecule has 0 aliphatic heterocycles. The third-order valence-electron chi connectivity index (χ3n) is 5.65. The number of hydrogen-bond donors (Lipinski definition) is 0. The van der Waals surface area contributed by atoms with E-state index in [4.69, 9.17) is 0 Å². The molecule has 0 bridgehead atoms. The van der Waals surface area contributed by atoms with Gasteiger partial charge in [-0.25, -0.2) is 0 Å². The number of benzene rings is 4. The van der Waals surface area contributed by atoms with Gasteiger partial charge < -0.3 is 0 Å². The molecule has 0 N–H and O–H groups in total. The Morgan fingerprint density at radius 3 is 0.774 bits per heavy atom. The fourth-order valence-corrected chi connectivity index (χ4v) is 10.1. The molecule has 0 aliphatic carbocycles. The van der Waals surface area contributed by atoms with Gasteiger partial charge >= 0.3 is 0 Å². The normalized spacial score (nSPS) is 12.9. The van der Waals surface area contributed by atoms with E-state index in [2.05, 4.69) is 135 Å². The monoisotopic (exact) mass is 578 g/mol. The van der Waals surface area contributed by atoms with Crippen LogP contribution in [0.1, 0.15) is 13.8 Å². The molecule has 0 amide bonds. The van der Waals surface area contributed by atoms with Crippen LogP contribution >= 0.6 is 15.8 Å². The van der Waals surface area contributed by atoms with E-state index in [0.29, 0.717) is 11.3 Å². The summed E-state index contributed by atoms with van der Waals surface area (Å²) < 4.78 is 0. The van der Waals surface area contributed by atoms with Crippen molar-refractivity contribution in [2.45, 2.75) is 25.2 Å². The molecule has 0 radical (unpaired) electrons. The molecule has 4 aromatic rings. The van der Waals surface area contributed by atoms with Crippen LogP contribution in [0.4, 0.5) is 0 Å². The van der Waals surface area contributed by atoms with Gasteiger partial charge in [0.05, 0.1) is 0 Å². The summed E-state index contributed by atoms with van der Waals surface area (Å²) in [6.45, 7) is 4.94. The molecule has 0 aliphatic rings. The van der Waals surface area contributed by atoms with Gasteiger partial charge in [-0.1, -0.05) is 135 Å². The maximum absolute atomic E-state index is 2.47. The third kappa shape index (κ3) is 6.11. The molecule has 0 nitrogen and oxygen atoms in total. The third-order valence-corrected chi connectivity index (χ3v) is 11.8. The van der Waals surface area contributed by atoms with Gasteiger partial charge in [-0.15, -0.1) is 0 Å². The molecule has 0 heterocycles.